The summed E-state index contributed by atoms with van der Waals surface area (Å²) in [4.78, 5) is 12.9. The van der Waals surface area contributed by atoms with Crippen molar-refractivity contribution >= 4 is 22.0 Å². The Labute approximate surface area is 170 Å². The highest BCUT2D eigenvalue weighted by Crippen LogP contribution is 2.55. The highest BCUT2D eigenvalue weighted by Gasteiger charge is 2.65. The number of piperidine rings is 1. The Morgan fingerprint density at radius 3 is 2.43 bits per heavy atom. The second kappa shape index (κ2) is 6.56. The van der Waals surface area contributed by atoms with Gasteiger partial charge in [0.25, 0.3) is 0 Å². The number of hydrogen-bond donors (Lipinski definition) is 1. The van der Waals surface area contributed by atoms with Gasteiger partial charge in [0.05, 0.1) is 4.48 Å². The number of nitrogens with zero attached hydrogens (tertiary/aromatic N) is 2. The minimum absolute atomic E-state index is 0.106. The number of ether oxygens (including phenoxy) is 1. The van der Waals surface area contributed by atoms with Gasteiger partial charge in [-0.25, -0.2) is 23.6 Å². The maximum atomic E-state index is 15.7. The Kier molecular flexibility index (Phi) is 4.54. The standard InChI is InChI=1S/C20H21BrF2N2O3/c1-19(2)8-10-24(11-9-19)25-18(27)28-17-13(21)14(22)15(26)16(23)20(17,25)12-6-4-3-5-7-12/h3-7,16,26H,8-11H2,1-2H3. The van der Waals surface area contributed by atoms with E-state index in [0.717, 1.165) is 12.8 Å². The summed E-state index contributed by atoms with van der Waals surface area (Å²) in [6.07, 6.45) is -1.41. The van der Waals surface area contributed by atoms with Crippen molar-refractivity contribution in [2.24, 2.45) is 5.41 Å². The number of aliphatic hydroxyl groups is 1. The minimum Gasteiger partial charge on any atom is -0.506 e. The Morgan fingerprint density at radius 1 is 1.21 bits per heavy atom. The fourth-order valence-corrected chi connectivity index (χ4v) is 4.72. The topological polar surface area (TPSA) is 53.0 Å². The van der Waals surface area contributed by atoms with Crippen molar-refractivity contribution in [3.8, 4) is 0 Å². The molecular formula is C20H21BrF2N2O3. The zero-order chi connectivity index (χ0) is 20.3. The number of amides is 1. The molecular weight excluding hydrogens is 434 g/mol. The molecule has 1 N–H and O–H groups in total. The van der Waals surface area contributed by atoms with Crippen molar-refractivity contribution in [2.45, 2.75) is 38.4 Å². The monoisotopic (exact) mass is 454 g/mol. The van der Waals surface area contributed by atoms with Gasteiger partial charge in [0.15, 0.2) is 29.1 Å². The van der Waals surface area contributed by atoms with Crippen LogP contribution in [-0.4, -0.2) is 40.5 Å². The van der Waals surface area contributed by atoms with E-state index in [-0.39, 0.29) is 15.7 Å². The maximum Gasteiger partial charge on any atom is 0.431 e. The first kappa shape index (κ1) is 19.4. The fourth-order valence-electron chi connectivity index (χ4n) is 4.14. The smallest absolute Gasteiger partial charge is 0.431 e. The summed E-state index contributed by atoms with van der Waals surface area (Å²) >= 11 is 3.06. The first-order valence-corrected chi connectivity index (χ1v) is 9.95. The first-order valence-electron chi connectivity index (χ1n) is 9.16. The van der Waals surface area contributed by atoms with E-state index < -0.39 is 29.4 Å². The molecule has 1 aliphatic carbocycles. The van der Waals surface area contributed by atoms with Crippen molar-refractivity contribution in [3.63, 3.8) is 0 Å². The molecule has 0 bridgehead atoms. The Bertz CT molecular complexity index is 877. The number of carbonyl (C=O) groups excluding carboxylic acids is 1. The second-order valence-electron chi connectivity index (χ2n) is 8.13. The summed E-state index contributed by atoms with van der Waals surface area (Å²) in [6.45, 7) is 5.32. The van der Waals surface area contributed by atoms with E-state index in [2.05, 4.69) is 29.8 Å². The third kappa shape index (κ3) is 2.61. The zero-order valence-corrected chi connectivity index (χ0v) is 17.2. The molecule has 28 heavy (non-hydrogen) atoms. The van der Waals surface area contributed by atoms with E-state index in [9.17, 15) is 14.3 Å². The molecule has 2 atom stereocenters. The van der Waals surface area contributed by atoms with E-state index in [1.54, 1.807) is 35.3 Å². The lowest BCUT2D eigenvalue weighted by Crippen LogP contribution is -2.61. The van der Waals surface area contributed by atoms with Crippen molar-refractivity contribution in [1.29, 1.82) is 0 Å². The first-order chi connectivity index (χ1) is 13.2. The van der Waals surface area contributed by atoms with E-state index in [1.165, 1.54) is 5.01 Å². The molecule has 1 aromatic rings. The molecule has 8 heteroatoms. The fraction of sp³-hybridized carbons (Fsp3) is 0.450. The van der Waals surface area contributed by atoms with Gasteiger partial charge in [-0.15, -0.1) is 0 Å². The average Bonchev–Trinajstić information content (AvgIpc) is 3.00. The van der Waals surface area contributed by atoms with E-state index >= 15 is 4.39 Å². The van der Waals surface area contributed by atoms with Gasteiger partial charge in [-0.1, -0.05) is 44.2 Å². The predicted molar refractivity (Wildman–Crippen MR) is 103 cm³/mol. The largest absolute Gasteiger partial charge is 0.506 e. The van der Waals surface area contributed by atoms with Crippen LogP contribution in [0.15, 0.2) is 52.2 Å². The van der Waals surface area contributed by atoms with Crippen molar-refractivity contribution in [2.75, 3.05) is 13.1 Å². The number of fused-ring (bicyclic) bond motifs is 1. The third-order valence-corrected chi connectivity index (χ3v) is 6.56. The lowest BCUT2D eigenvalue weighted by atomic mass is 9.79. The van der Waals surface area contributed by atoms with Crippen LogP contribution in [0.3, 0.4) is 0 Å². The number of carbonyl (C=O) groups is 1. The molecule has 5 nitrogen and oxygen atoms in total. The summed E-state index contributed by atoms with van der Waals surface area (Å²) in [5, 5.41) is 13.2. The van der Waals surface area contributed by atoms with Gasteiger partial charge in [0.2, 0.25) is 0 Å². The summed E-state index contributed by atoms with van der Waals surface area (Å²) in [7, 11) is 0. The molecule has 2 heterocycles. The molecule has 1 aromatic carbocycles. The number of aliphatic hydroxyl groups excluding tert-OH is 1. The van der Waals surface area contributed by atoms with Crippen molar-refractivity contribution in [1.82, 2.24) is 10.0 Å². The van der Waals surface area contributed by atoms with Crippen molar-refractivity contribution in [3.05, 3.63) is 57.7 Å². The molecule has 0 spiro atoms. The molecule has 2 fully saturated rings. The van der Waals surface area contributed by atoms with Gasteiger partial charge in [-0.2, -0.15) is 0 Å². The van der Waals surface area contributed by atoms with Crippen LogP contribution < -0.4 is 0 Å². The number of benzene rings is 1. The number of rotatable bonds is 2. The van der Waals surface area contributed by atoms with Crippen molar-refractivity contribution < 1.29 is 23.4 Å². The molecule has 2 aliphatic heterocycles. The SMILES string of the molecule is CC1(C)CCN(N2C(=O)OC3=C(Br)C(F)=C(O)C(F)C32c2ccccc2)CC1. The Hall–Kier alpha value is -1.93. The van der Waals surface area contributed by atoms with Gasteiger partial charge in [-0.05, 0) is 39.8 Å². The molecule has 4 rings (SSSR count). The lowest BCUT2D eigenvalue weighted by molar-refractivity contribution is -0.0962. The predicted octanol–water partition coefficient (Wildman–Crippen LogP) is 5.07. The summed E-state index contributed by atoms with van der Waals surface area (Å²) in [6, 6.07) is 8.46. The van der Waals surface area contributed by atoms with E-state index in [4.69, 9.17) is 4.74 Å². The van der Waals surface area contributed by atoms with Crippen LogP contribution >= 0.6 is 15.9 Å². The van der Waals surface area contributed by atoms with Gasteiger partial charge >= 0.3 is 6.09 Å². The maximum absolute atomic E-state index is 15.7. The number of hydrazine groups is 1. The molecule has 3 aliphatic rings. The summed E-state index contributed by atoms with van der Waals surface area (Å²) in [5.41, 5.74) is -1.31. The Morgan fingerprint density at radius 2 is 1.82 bits per heavy atom. The van der Waals surface area contributed by atoms with E-state index in [0.29, 0.717) is 18.7 Å². The van der Waals surface area contributed by atoms with Crippen LogP contribution in [-0.2, 0) is 10.3 Å². The summed E-state index contributed by atoms with van der Waals surface area (Å²) in [5.74, 6) is -2.40. The zero-order valence-electron chi connectivity index (χ0n) is 15.6. The molecule has 2 saturated heterocycles. The van der Waals surface area contributed by atoms with Crippen LogP contribution in [0, 0.1) is 5.41 Å². The normalized spacial score (nSPS) is 30.5. The van der Waals surface area contributed by atoms with E-state index in [1.807, 2.05) is 0 Å². The quantitative estimate of drug-likeness (QED) is 0.677. The number of alkyl halides is 1. The van der Waals surface area contributed by atoms with Crippen LogP contribution in [0.4, 0.5) is 13.6 Å². The molecule has 0 saturated carbocycles. The van der Waals surface area contributed by atoms with Gasteiger partial charge in [0, 0.05) is 13.1 Å². The second-order valence-corrected chi connectivity index (χ2v) is 8.93. The molecule has 0 aromatic heterocycles. The average molecular weight is 455 g/mol. The van der Waals surface area contributed by atoms with Gasteiger partial charge in [-0.3, -0.25) is 0 Å². The molecule has 0 radical (unpaired) electrons. The lowest BCUT2D eigenvalue weighted by Gasteiger charge is -2.48. The molecule has 2 unspecified atom stereocenters. The highest BCUT2D eigenvalue weighted by atomic mass is 79.9. The van der Waals surface area contributed by atoms with Crippen LogP contribution in [0.2, 0.25) is 0 Å². The van der Waals surface area contributed by atoms with Gasteiger partial charge in [0.1, 0.15) is 0 Å². The number of halogens is 3. The van der Waals surface area contributed by atoms with Crippen LogP contribution in [0.25, 0.3) is 0 Å². The highest BCUT2D eigenvalue weighted by molar-refractivity contribution is 9.12. The van der Waals surface area contributed by atoms with Gasteiger partial charge < -0.3 is 9.84 Å². The minimum atomic E-state index is -2.22. The Balaban J connectivity index is 1.91. The number of allylic oxidation sites excluding steroid dienone is 2. The molecule has 1 amide bonds. The number of hydrogen-bond acceptors (Lipinski definition) is 4. The summed E-state index contributed by atoms with van der Waals surface area (Å²) < 4.78 is 35.3. The third-order valence-electron chi connectivity index (χ3n) is 5.86. The van der Waals surface area contributed by atoms with Crippen LogP contribution in [0.5, 0.6) is 0 Å². The molecule has 150 valence electrons. The van der Waals surface area contributed by atoms with Crippen LogP contribution in [0.1, 0.15) is 32.3 Å².